The van der Waals surface area contributed by atoms with E-state index in [4.69, 9.17) is 5.73 Å². The lowest BCUT2D eigenvalue weighted by molar-refractivity contribution is 0.632. The van der Waals surface area contributed by atoms with Gasteiger partial charge in [0.2, 0.25) is 0 Å². The van der Waals surface area contributed by atoms with E-state index in [1.165, 1.54) is 11.1 Å². The molecule has 0 heterocycles. The Morgan fingerprint density at radius 3 is 2.35 bits per heavy atom. The first kappa shape index (κ1) is 15.6. The monoisotopic (exact) mass is 349 g/mol. The highest BCUT2D eigenvalue weighted by Gasteiger charge is 2.21. The largest absolute Gasteiger partial charge is 0.326 e. The van der Waals surface area contributed by atoms with Gasteiger partial charge in [-0.25, -0.2) is 0 Å². The molecule has 0 aliphatic carbocycles. The zero-order valence-corrected chi connectivity index (χ0v) is 14.0. The molecule has 0 radical (unpaired) electrons. The molecule has 2 unspecified atom stereocenters. The average molecular weight is 350 g/mol. The topological polar surface area (TPSA) is 26.0 Å². The lowest BCUT2D eigenvalue weighted by Crippen LogP contribution is -2.26. The Labute approximate surface area is 134 Å². The Kier molecular flexibility index (Phi) is 6.14. The molecule has 2 aromatic carbocycles. The highest BCUT2D eigenvalue weighted by Crippen LogP contribution is 2.38. The molecule has 0 spiro atoms. The van der Waals surface area contributed by atoms with Gasteiger partial charge in [-0.05, 0) is 23.6 Å². The number of hydrogen-bond donors (Lipinski definition) is 1. The Hall–Kier alpha value is -0.770. The number of hydrogen-bond acceptors (Lipinski definition) is 2. The van der Waals surface area contributed by atoms with Crippen molar-refractivity contribution in [1.82, 2.24) is 0 Å². The molecule has 3 heteroatoms. The van der Waals surface area contributed by atoms with E-state index in [-0.39, 0.29) is 6.04 Å². The SMILES string of the molecule is CCC(N)C(SCc1ccccc1)c1ccccc1Br. The molecule has 20 heavy (non-hydrogen) atoms. The van der Waals surface area contributed by atoms with Gasteiger partial charge in [-0.2, -0.15) is 0 Å². The second-order valence-electron chi connectivity index (χ2n) is 4.81. The van der Waals surface area contributed by atoms with E-state index in [1.54, 1.807) is 0 Å². The third-order valence-corrected chi connectivity index (χ3v) is 5.53. The van der Waals surface area contributed by atoms with Crippen molar-refractivity contribution in [3.05, 3.63) is 70.2 Å². The molecule has 2 N–H and O–H groups in total. The second kappa shape index (κ2) is 7.87. The predicted octanol–water partition coefficient (Wildman–Crippen LogP) is 5.16. The van der Waals surface area contributed by atoms with Crippen LogP contribution in [0.3, 0.4) is 0 Å². The third-order valence-electron chi connectivity index (χ3n) is 3.34. The standard InChI is InChI=1S/C17H20BrNS/c1-2-16(19)17(14-10-6-7-11-15(14)18)20-12-13-8-4-3-5-9-13/h3-11,16-17H,2,12,19H2,1H3. The summed E-state index contributed by atoms with van der Waals surface area (Å²) >= 11 is 5.57. The third kappa shape index (κ3) is 4.11. The van der Waals surface area contributed by atoms with Crippen LogP contribution in [-0.2, 0) is 5.75 Å². The van der Waals surface area contributed by atoms with Gasteiger partial charge in [0, 0.05) is 21.5 Å². The number of rotatable bonds is 6. The first-order valence-corrected chi connectivity index (χ1v) is 8.72. The van der Waals surface area contributed by atoms with E-state index in [1.807, 2.05) is 17.8 Å². The maximum absolute atomic E-state index is 6.34. The molecule has 0 aliphatic heterocycles. The molecular formula is C17H20BrNS. The Bertz CT molecular complexity index is 530. The lowest BCUT2D eigenvalue weighted by atomic mass is 10.0. The summed E-state index contributed by atoms with van der Waals surface area (Å²) in [5.74, 6) is 0.987. The molecule has 0 amide bonds. The minimum absolute atomic E-state index is 0.169. The van der Waals surface area contributed by atoms with E-state index in [0.29, 0.717) is 5.25 Å². The summed E-state index contributed by atoms with van der Waals surface area (Å²) in [6.07, 6.45) is 0.980. The van der Waals surface area contributed by atoms with Gasteiger partial charge in [0.15, 0.2) is 0 Å². The summed E-state index contributed by atoms with van der Waals surface area (Å²) in [5.41, 5.74) is 8.98. The van der Waals surface area contributed by atoms with Crippen molar-refractivity contribution in [2.24, 2.45) is 5.73 Å². The number of thioether (sulfide) groups is 1. The first-order chi connectivity index (χ1) is 9.72. The molecule has 106 valence electrons. The van der Waals surface area contributed by atoms with E-state index < -0.39 is 0 Å². The summed E-state index contributed by atoms with van der Waals surface area (Å²) in [5, 5.41) is 0.316. The van der Waals surface area contributed by atoms with Crippen molar-refractivity contribution in [2.45, 2.75) is 30.4 Å². The summed E-state index contributed by atoms with van der Waals surface area (Å²) < 4.78 is 1.15. The van der Waals surface area contributed by atoms with Gasteiger partial charge in [0.25, 0.3) is 0 Å². The molecule has 0 bridgehead atoms. The maximum atomic E-state index is 6.34. The Balaban J connectivity index is 2.15. The second-order valence-corrected chi connectivity index (χ2v) is 6.80. The van der Waals surface area contributed by atoms with Crippen LogP contribution in [0.4, 0.5) is 0 Å². The molecule has 0 aliphatic rings. The summed E-state index contributed by atoms with van der Waals surface area (Å²) in [6, 6.07) is 19.1. The molecule has 0 saturated carbocycles. The van der Waals surface area contributed by atoms with Gasteiger partial charge in [-0.15, -0.1) is 11.8 Å². The van der Waals surface area contributed by atoms with Gasteiger partial charge in [-0.3, -0.25) is 0 Å². The summed E-state index contributed by atoms with van der Waals surface area (Å²) in [7, 11) is 0. The van der Waals surface area contributed by atoms with Crippen LogP contribution in [0.2, 0.25) is 0 Å². The fraction of sp³-hybridized carbons (Fsp3) is 0.294. The highest BCUT2D eigenvalue weighted by atomic mass is 79.9. The van der Waals surface area contributed by atoms with Crippen molar-refractivity contribution in [3.63, 3.8) is 0 Å². The van der Waals surface area contributed by atoms with Crippen molar-refractivity contribution < 1.29 is 0 Å². The van der Waals surface area contributed by atoms with Gasteiger partial charge in [0.05, 0.1) is 0 Å². The van der Waals surface area contributed by atoms with Crippen LogP contribution in [0.25, 0.3) is 0 Å². The van der Waals surface area contributed by atoms with Crippen LogP contribution >= 0.6 is 27.7 Å². The van der Waals surface area contributed by atoms with Gasteiger partial charge in [0.1, 0.15) is 0 Å². The van der Waals surface area contributed by atoms with Crippen molar-refractivity contribution in [3.8, 4) is 0 Å². The van der Waals surface area contributed by atoms with Crippen LogP contribution in [0, 0.1) is 0 Å². The zero-order valence-electron chi connectivity index (χ0n) is 11.6. The predicted molar refractivity (Wildman–Crippen MR) is 92.9 cm³/mol. The first-order valence-electron chi connectivity index (χ1n) is 6.88. The quantitative estimate of drug-likeness (QED) is 0.779. The van der Waals surface area contributed by atoms with Crippen molar-refractivity contribution >= 4 is 27.7 Å². The fourth-order valence-corrected chi connectivity index (χ4v) is 4.20. The lowest BCUT2D eigenvalue weighted by Gasteiger charge is -2.24. The molecule has 2 atom stereocenters. The van der Waals surface area contributed by atoms with Gasteiger partial charge in [-0.1, -0.05) is 71.4 Å². The molecular weight excluding hydrogens is 330 g/mol. The number of benzene rings is 2. The maximum Gasteiger partial charge on any atom is 0.0462 e. The molecule has 0 fully saturated rings. The highest BCUT2D eigenvalue weighted by molar-refractivity contribution is 9.10. The van der Waals surface area contributed by atoms with Crippen molar-refractivity contribution in [2.75, 3.05) is 0 Å². The fourth-order valence-electron chi connectivity index (χ4n) is 2.12. The minimum atomic E-state index is 0.169. The van der Waals surface area contributed by atoms with Gasteiger partial charge < -0.3 is 5.73 Å². The zero-order chi connectivity index (χ0) is 14.4. The van der Waals surface area contributed by atoms with Crippen LogP contribution in [-0.4, -0.2) is 6.04 Å². The van der Waals surface area contributed by atoms with Crippen LogP contribution in [0.1, 0.15) is 29.7 Å². The molecule has 2 rings (SSSR count). The normalized spacial score (nSPS) is 13.9. The molecule has 0 saturated heterocycles. The minimum Gasteiger partial charge on any atom is -0.326 e. The Morgan fingerprint density at radius 2 is 1.70 bits per heavy atom. The summed E-state index contributed by atoms with van der Waals surface area (Å²) in [6.45, 7) is 2.15. The average Bonchev–Trinajstić information content (AvgIpc) is 2.50. The molecule has 0 aromatic heterocycles. The smallest absolute Gasteiger partial charge is 0.0462 e. The van der Waals surface area contributed by atoms with Crippen molar-refractivity contribution in [1.29, 1.82) is 0 Å². The molecule has 1 nitrogen and oxygen atoms in total. The van der Waals surface area contributed by atoms with Crippen LogP contribution in [0.15, 0.2) is 59.1 Å². The van der Waals surface area contributed by atoms with Gasteiger partial charge >= 0.3 is 0 Å². The van der Waals surface area contributed by atoms with Crippen LogP contribution in [0.5, 0.6) is 0 Å². The van der Waals surface area contributed by atoms with Crippen LogP contribution < -0.4 is 5.73 Å². The Morgan fingerprint density at radius 1 is 1.05 bits per heavy atom. The van der Waals surface area contributed by atoms with E-state index in [2.05, 4.69) is 71.4 Å². The summed E-state index contributed by atoms with van der Waals surface area (Å²) in [4.78, 5) is 0. The molecule has 2 aromatic rings. The number of halogens is 1. The van der Waals surface area contributed by atoms with E-state index in [0.717, 1.165) is 16.6 Å². The van der Waals surface area contributed by atoms with E-state index in [9.17, 15) is 0 Å². The van der Waals surface area contributed by atoms with E-state index >= 15 is 0 Å². The number of nitrogens with two attached hydrogens (primary N) is 1.